The van der Waals surface area contributed by atoms with Crippen LogP contribution in [0.3, 0.4) is 0 Å². The summed E-state index contributed by atoms with van der Waals surface area (Å²) >= 11 is 0. The van der Waals surface area contributed by atoms with Gasteiger partial charge in [0.2, 0.25) is 5.91 Å². The smallest absolute Gasteiger partial charge is 0.417 e. The van der Waals surface area contributed by atoms with Crippen molar-refractivity contribution in [3.8, 4) is 0 Å². The quantitative estimate of drug-likeness (QED) is 0.648. The lowest BCUT2D eigenvalue weighted by molar-refractivity contribution is -0.160. The second-order valence-corrected chi connectivity index (χ2v) is 8.65. The van der Waals surface area contributed by atoms with Gasteiger partial charge in [0.15, 0.2) is 0 Å². The van der Waals surface area contributed by atoms with Gasteiger partial charge in [-0.05, 0) is 45.7 Å². The lowest BCUT2D eigenvalue weighted by Crippen LogP contribution is -2.63. The topological polar surface area (TPSA) is 121 Å². The first-order valence-corrected chi connectivity index (χ1v) is 10.2. The fourth-order valence-electron chi connectivity index (χ4n) is 3.70. The molecular weight excluding hydrogens is 418 g/mol. The van der Waals surface area contributed by atoms with Gasteiger partial charge in [0.25, 0.3) is 23.6 Å². The van der Waals surface area contributed by atoms with Crippen molar-refractivity contribution in [2.75, 3.05) is 13.1 Å². The molecule has 0 N–H and O–H groups in total. The van der Waals surface area contributed by atoms with Crippen LogP contribution in [0.2, 0.25) is 0 Å². The summed E-state index contributed by atoms with van der Waals surface area (Å²) in [6, 6.07) is 5.18. The van der Waals surface area contributed by atoms with E-state index in [4.69, 9.17) is 4.74 Å². The molecule has 170 valence electrons. The van der Waals surface area contributed by atoms with Crippen LogP contribution >= 0.6 is 0 Å². The van der Waals surface area contributed by atoms with E-state index in [1.807, 2.05) is 0 Å². The Balaban J connectivity index is 1.76. The maximum Gasteiger partial charge on any atom is 0.417 e. The van der Waals surface area contributed by atoms with Crippen molar-refractivity contribution in [1.82, 2.24) is 14.7 Å². The highest BCUT2D eigenvalue weighted by Gasteiger charge is 2.45. The molecule has 1 saturated heterocycles. The summed E-state index contributed by atoms with van der Waals surface area (Å²) < 4.78 is 5.27. The number of ether oxygens (including phenoxy) is 1. The molecular formula is C22H25N3O7. The van der Waals surface area contributed by atoms with Crippen LogP contribution in [-0.4, -0.2) is 75.1 Å². The average Bonchev–Trinajstić information content (AvgIpc) is 2.93. The summed E-state index contributed by atoms with van der Waals surface area (Å²) in [5.74, 6) is -2.93. The molecule has 32 heavy (non-hydrogen) atoms. The summed E-state index contributed by atoms with van der Waals surface area (Å²) in [5, 5.41) is 0. The minimum Gasteiger partial charge on any atom is -0.443 e. The Morgan fingerprint density at radius 3 is 2.09 bits per heavy atom. The molecule has 1 fully saturated rings. The minimum atomic E-state index is -1.27. The standard InChI is InChI=1S/C22H25N3O7/c1-13(26)24-12-17(27)25(21(31)32-22(2,3)4)16(20(24)30)10-7-11-23-18(28)14-8-5-6-9-15(14)19(23)29/h5-6,8-9,16H,7,10-12H2,1-4H3/t16-/m1/s1. The average molecular weight is 443 g/mol. The molecule has 0 aromatic heterocycles. The van der Waals surface area contributed by atoms with Crippen LogP contribution in [0.1, 0.15) is 61.3 Å². The van der Waals surface area contributed by atoms with Gasteiger partial charge >= 0.3 is 6.09 Å². The van der Waals surface area contributed by atoms with Crippen molar-refractivity contribution in [3.63, 3.8) is 0 Å². The summed E-state index contributed by atoms with van der Waals surface area (Å²) in [6.07, 6.45) is -0.883. The fourth-order valence-corrected chi connectivity index (χ4v) is 3.70. The van der Waals surface area contributed by atoms with E-state index in [-0.39, 0.29) is 19.4 Å². The van der Waals surface area contributed by atoms with E-state index in [0.717, 1.165) is 21.6 Å². The van der Waals surface area contributed by atoms with E-state index in [1.54, 1.807) is 45.0 Å². The second kappa shape index (κ2) is 8.52. The Morgan fingerprint density at radius 2 is 1.59 bits per heavy atom. The van der Waals surface area contributed by atoms with Crippen molar-refractivity contribution in [2.24, 2.45) is 0 Å². The first-order chi connectivity index (χ1) is 14.9. The van der Waals surface area contributed by atoms with Crippen LogP contribution in [0.4, 0.5) is 4.79 Å². The van der Waals surface area contributed by atoms with E-state index < -0.39 is 53.8 Å². The van der Waals surface area contributed by atoms with Gasteiger partial charge < -0.3 is 4.74 Å². The van der Waals surface area contributed by atoms with Gasteiger partial charge in [-0.15, -0.1) is 0 Å². The van der Waals surface area contributed by atoms with E-state index in [1.165, 1.54) is 0 Å². The zero-order valence-corrected chi connectivity index (χ0v) is 18.4. The van der Waals surface area contributed by atoms with Crippen molar-refractivity contribution >= 4 is 35.6 Å². The summed E-state index contributed by atoms with van der Waals surface area (Å²) in [4.78, 5) is 77.6. The monoisotopic (exact) mass is 443 g/mol. The maximum absolute atomic E-state index is 12.9. The molecule has 0 radical (unpaired) electrons. The number of carbonyl (C=O) groups excluding carboxylic acids is 6. The van der Waals surface area contributed by atoms with Crippen molar-refractivity contribution in [1.29, 1.82) is 0 Å². The van der Waals surface area contributed by atoms with Gasteiger partial charge in [0.05, 0.1) is 11.1 Å². The predicted octanol–water partition coefficient (Wildman–Crippen LogP) is 1.58. The van der Waals surface area contributed by atoms with Crippen LogP contribution in [0.15, 0.2) is 24.3 Å². The third kappa shape index (κ3) is 4.39. The van der Waals surface area contributed by atoms with Gasteiger partial charge in [-0.3, -0.25) is 33.8 Å². The summed E-state index contributed by atoms with van der Waals surface area (Å²) in [6.45, 7) is 5.47. The summed E-state index contributed by atoms with van der Waals surface area (Å²) in [5.41, 5.74) is -0.290. The number of carbonyl (C=O) groups is 6. The normalized spacial score (nSPS) is 18.9. The number of hydrogen-bond donors (Lipinski definition) is 0. The number of rotatable bonds is 4. The first kappa shape index (κ1) is 23.1. The number of amides is 6. The number of fused-ring (bicyclic) bond motifs is 1. The Hall–Kier alpha value is -3.56. The lowest BCUT2D eigenvalue weighted by Gasteiger charge is -2.38. The number of benzene rings is 1. The molecule has 10 nitrogen and oxygen atoms in total. The molecule has 1 aromatic rings. The molecule has 0 saturated carbocycles. The van der Waals surface area contributed by atoms with Gasteiger partial charge in [-0.1, -0.05) is 12.1 Å². The Bertz CT molecular complexity index is 976. The first-order valence-electron chi connectivity index (χ1n) is 10.2. The van der Waals surface area contributed by atoms with E-state index in [2.05, 4.69) is 0 Å². The van der Waals surface area contributed by atoms with Crippen LogP contribution < -0.4 is 0 Å². The molecule has 2 aliphatic rings. The molecule has 0 bridgehead atoms. The van der Waals surface area contributed by atoms with Crippen molar-refractivity contribution in [3.05, 3.63) is 35.4 Å². The molecule has 0 unspecified atom stereocenters. The third-order valence-electron chi connectivity index (χ3n) is 5.13. The lowest BCUT2D eigenvalue weighted by atomic mass is 10.0. The number of hydrogen-bond acceptors (Lipinski definition) is 7. The zero-order valence-electron chi connectivity index (χ0n) is 18.4. The van der Waals surface area contributed by atoms with Crippen LogP contribution in [0, 0.1) is 0 Å². The van der Waals surface area contributed by atoms with Crippen LogP contribution in [0.5, 0.6) is 0 Å². The second-order valence-electron chi connectivity index (χ2n) is 8.65. The van der Waals surface area contributed by atoms with Crippen molar-refractivity contribution in [2.45, 2.75) is 52.2 Å². The molecule has 10 heteroatoms. The Morgan fingerprint density at radius 1 is 1.03 bits per heavy atom. The van der Waals surface area contributed by atoms with Gasteiger partial charge in [-0.25, -0.2) is 9.69 Å². The van der Waals surface area contributed by atoms with Crippen LogP contribution in [-0.2, 0) is 19.1 Å². The number of imide groups is 3. The Labute approximate surface area is 185 Å². The molecule has 1 aromatic carbocycles. The number of nitrogens with zero attached hydrogens (tertiary/aromatic N) is 3. The van der Waals surface area contributed by atoms with Gasteiger partial charge in [0.1, 0.15) is 18.2 Å². The maximum atomic E-state index is 12.9. The minimum absolute atomic E-state index is 0.00739. The van der Waals surface area contributed by atoms with Crippen molar-refractivity contribution < 1.29 is 33.5 Å². The van der Waals surface area contributed by atoms with E-state index >= 15 is 0 Å². The highest BCUT2D eigenvalue weighted by Crippen LogP contribution is 2.25. The molecule has 2 aliphatic heterocycles. The largest absolute Gasteiger partial charge is 0.443 e. The SMILES string of the molecule is CC(=O)N1CC(=O)N(C(=O)OC(C)(C)C)[C@H](CCCN2C(=O)c3ccccc3C2=O)C1=O. The fraction of sp³-hybridized carbons (Fsp3) is 0.455. The predicted molar refractivity (Wildman–Crippen MR) is 110 cm³/mol. The third-order valence-corrected chi connectivity index (χ3v) is 5.13. The highest BCUT2D eigenvalue weighted by atomic mass is 16.6. The van der Waals surface area contributed by atoms with Gasteiger partial charge in [0, 0.05) is 13.5 Å². The molecule has 0 aliphatic carbocycles. The highest BCUT2D eigenvalue weighted by molar-refractivity contribution is 6.21. The molecule has 2 heterocycles. The zero-order chi connectivity index (χ0) is 23.8. The molecule has 6 amide bonds. The Kier molecular flexibility index (Phi) is 6.16. The molecule has 3 rings (SSSR count). The molecule has 1 atom stereocenters. The van der Waals surface area contributed by atoms with Crippen LogP contribution in [0.25, 0.3) is 0 Å². The molecule has 0 spiro atoms. The number of piperazine rings is 1. The van der Waals surface area contributed by atoms with E-state index in [9.17, 15) is 28.8 Å². The van der Waals surface area contributed by atoms with Gasteiger partial charge in [-0.2, -0.15) is 0 Å². The van der Waals surface area contributed by atoms with E-state index in [0.29, 0.717) is 11.1 Å². The summed E-state index contributed by atoms with van der Waals surface area (Å²) in [7, 11) is 0.